The van der Waals surface area contributed by atoms with Crippen LogP contribution in [0.15, 0.2) is 11.1 Å². The van der Waals surface area contributed by atoms with E-state index in [0.29, 0.717) is 12.3 Å². The molecule has 0 spiro atoms. The quantitative estimate of drug-likeness (QED) is 0.540. The van der Waals surface area contributed by atoms with Gasteiger partial charge in [0.25, 0.3) is 0 Å². The fraction of sp³-hybridized carbons (Fsp3) is 0.667. The average molecular weight is 184 g/mol. The Hall–Kier alpha value is -0.360. The van der Waals surface area contributed by atoms with Crippen molar-refractivity contribution in [2.75, 3.05) is 19.0 Å². The Morgan fingerprint density at radius 2 is 2.00 bits per heavy atom. The Morgan fingerprint density at radius 3 is 2.75 bits per heavy atom. The summed E-state index contributed by atoms with van der Waals surface area (Å²) in [6.07, 6.45) is 4.09. The topological polar surface area (TPSA) is 34.1 Å². The van der Waals surface area contributed by atoms with Crippen molar-refractivity contribution in [1.29, 1.82) is 0 Å². The number of allylic oxidation sites excluding steroid dienone is 2. The summed E-state index contributed by atoms with van der Waals surface area (Å²) >= 11 is 0. The van der Waals surface area contributed by atoms with Gasteiger partial charge >= 0.3 is 0 Å². The maximum atomic E-state index is 11.7. The molecule has 66 valence electrons. The van der Waals surface area contributed by atoms with E-state index in [1.54, 1.807) is 6.66 Å². The van der Waals surface area contributed by atoms with Crippen LogP contribution in [0.1, 0.15) is 19.3 Å². The van der Waals surface area contributed by atoms with Crippen molar-refractivity contribution in [1.82, 2.24) is 0 Å². The summed E-state index contributed by atoms with van der Waals surface area (Å²) in [6.45, 7) is 1.76. The Kier molecular flexibility index (Phi) is 1.76. The Labute approximate surface area is 72.4 Å². The van der Waals surface area contributed by atoms with E-state index in [4.69, 9.17) is 0 Å². The SMILES string of the molecule is CP1(=O)CC(=O)C2=C(CCC2)C1. The zero-order valence-corrected chi connectivity index (χ0v) is 8.19. The first-order valence-electron chi connectivity index (χ1n) is 4.38. The van der Waals surface area contributed by atoms with Gasteiger partial charge in [0, 0.05) is 6.16 Å². The molecule has 1 aliphatic carbocycles. The van der Waals surface area contributed by atoms with Crippen LogP contribution in [0.2, 0.25) is 0 Å². The fourth-order valence-electron chi connectivity index (χ4n) is 2.18. The number of rotatable bonds is 0. The summed E-state index contributed by atoms with van der Waals surface area (Å²) in [5.41, 5.74) is 2.22. The van der Waals surface area contributed by atoms with Crippen LogP contribution in [-0.4, -0.2) is 24.8 Å². The molecule has 0 aromatic rings. The van der Waals surface area contributed by atoms with E-state index in [9.17, 15) is 9.36 Å². The molecular weight excluding hydrogens is 171 g/mol. The zero-order chi connectivity index (χ0) is 8.77. The van der Waals surface area contributed by atoms with Crippen molar-refractivity contribution in [3.63, 3.8) is 0 Å². The number of ketones is 1. The van der Waals surface area contributed by atoms with E-state index >= 15 is 0 Å². The molecule has 0 saturated carbocycles. The summed E-state index contributed by atoms with van der Waals surface area (Å²) in [6, 6.07) is 0. The molecule has 2 aliphatic rings. The summed E-state index contributed by atoms with van der Waals surface area (Å²) in [5.74, 6) is 0.166. The maximum Gasteiger partial charge on any atom is 0.166 e. The molecule has 1 heterocycles. The minimum absolute atomic E-state index is 0.166. The van der Waals surface area contributed by atoms with Gasteiger partial charge in [-0.2, -0.15) is 0 Å². The molecule has 0 radical (unpaired) electrons. The first-order valence-corrected chi connectivity index (χ1v) is 6.91. The highest BCUT2D eigenvalue weighted by atomic mass is 31.2. The van der Waals surface area contributed by atoms with Crippen molar-refractivity contribution in [2.45, 2.75) is 19.3 Å². The minimum atomic E-state index is -2.12. The molecule has 1 atom stereocenters. The number of hydrogen-bond acceptors (Lipinski definition) is 2. The van der Waals surface area contributed by atoms with Gasteiger partial charge in [-0.1, -0.05) is 5.57 Å². The Morgan fingerprint density at radius 1 is 1.25 bits per heavy atom. The lowest BCUT2D eigenvalue weighted by Gasteiger charge is -2.19. The zero-order valence-electron chi connectivity index (χ0n) is 7.30. The standard InChI is InChI=1S/C9H13O2P/c1-12(11)5-7-3-2-4-8(7)9(10)6-12/h2-6H2,1H3. The Bertz CT molecular complexity index is 314. The van der Waals surface area contributed by atoms with Crippen LogP contribution in [0.3, 0.4) is 0 Å². The molecule has 0 aromatic carbocycles. The number of hydrogen-bond donors (Lipinski definition) is 0. The normalized spacial score (nSPS) is 35.6. The van der Waals surface area contributed by atoms with Gasteiger partial charge in [0.1, 0.15) is 0 Å². The van der Waals surface area contributed by atoms with Gasteiger partial charge in [-0.25, -0.2) is 0 Å². The van der Waals surface area contributed by atoms with Crippen LogP contribution in [0.25, 0.3) is 0 Å². The molecule has 0 N–H and O–H groups in total. The molecule has 12 heavy (non-hydrogen) atoms. The Balaban J connectivity index is 2.38. The van der Waals surface area contributed by atoms with Gasteiger partial charge in [-0.15, -0.1) is 0 Å². The third-order valence-corrected chi connectivity index (χ3v) is 4.68. The summed E-state index contributed by atoms with van der Waals surface area (Å²) < 4.78 is 11.7. The molecule has 2 nitrogen and oxygen atoms in total. The second kappa shape index (κ2) is 2.56. The highest BCUT2D eigenvalue weighted by Crippen LogP contribution is 2.50. The van der Waals surface area contributed by atoms with Gasteiger partial charge in [-0.05, 0) is 31.5 Å². The monoisotopic (exact) mass is 184 g/mol. The van der Waals surface area contributed by atoms with E-state index in [0.717, 1.165) is 24.8 Å². The molecule has 1 unspecified atom stereocenters. The van der Waals surface area contributed by atoms with E-state index in [1.807, 2.05) is 0 Å². The molecule has 0 fully saturated rings. The van der Waals surface area contributed by atoms with Gasteiger partial charge in [0.05, 0.1) is 13.3 Å². The average Bonchev–Trinajstić information content (AvgIpc) is 2.31. The second-order valence-corrected chi connectivity index (χ2v) is 7.20. The van der Waals surface area contributed by atoms with Crippen LogP contribution in [0, 0.1) is 0 Å². The van der Waals surface area contributed by atoms with Crippen molar-refractivity contribution < 1.29 is 9.36 Å². The largest absolute Gasteiger partial charge is 0.323 e. The van der Waals surface area contributed by atoms with E-state index < -0.39 is 7.14 Å². The van der Waals surface area contributed by atoms with Crippen molar-refractivity contribution in [2.24, 2.45) is 0 Å². The number of carbonyl (C=O) groups excluding carboxylic acids is 1. The van der Waals surface area contributed by atoms with Gasteiger partial charge in [-0.3, -0.25) is 4.79 Å². The number of carbonyl (C=O) groups is 1. The first-order chi connectivity index (χ1) is 5.58. The van der Waals surface area contributed by atoms with E-state index in [-0.39, 0.29) is 5.78 Å². The van der Waals surface area contributed by atoms with Crippen LogP contribution >= 0.6 is 7.14 Å². The fourth-order valence-corrected chi connectivity index (χ4v) is 4.24. The third-order valence-electron chi connectivity index (χ3n) is 2.67. The minimum Gasteiger partial charge on any atom is -0.323 e. The predicted molar refractivity (Wildman–Crippen MR) is 49.1 cm³/mol. The molecule has 1 aliphatic heterocycles. The molecule has 0 bridgehead atoms. The molecule has 0 amide bonds. The predicted octanol–water partition coefficient (Wildman–Crippen LogP) is 2.04. The van der Waals surface area contributed by atoms with Crippen molar-refractivity contribution in [3.8, 4) is 0 Å². The molecule has 2 rings (SSSR count). The van der Waals surface area contributed by atoms with E-state index in [1.165, 1.54) is 5.57 Å². The summed E-state index contributed by atoms with van der Waals surface area (Å²) in [5, 5.41) is 0. The smallest absolute Gasteiger partial charge is 0.166 e. The summed E-state index contributed by atoms with van der Waals surface area (Å²) in [7, 11) is -2.12. The van der Waals surface area contributed by atoms with Gasteiger partial charge in [0.2, 0.25) is 0 Å². The molecule has 0 saturated heterocycles. The van der Waals surface area contributed by atoms with Crippen LogP contribution in [-0.2, 0) is 9.36 Å². The van der Waals surface area contributed by atoms with Gasteiger partial charge < -0.3 is 4.57 Å². The van der Waals surface area contributed by atoms with E-state index in [2.05, 4.69) is 0 Å². The highest BCUT2D eigenvalue weighted by Gasteiger charge is 2.33. The lowest BCUT2D eigenvalue weighted by molar-refractivity contribution is -0.113. The number of Topliss-reactive ketones (excluding diaryl/α,β-unsaturated/α-hetero) is 1. The summed E-state index contributed by atoms with van der Waals surface area (Å²) in [4.78, 5) is 11.5. The third kappa shape index (κ3) is 1.29. The molecular formula is C9H13O2P. The molecule has 3 heteroatoms. The molecule has 0 aromatic heterocycles. The second-order valence-electron chi connectivity index (χ2n) is 3.97. The van der Waals surface area contributed by atoms with Crippen molar-refractivity contribution >= 4 is 12.9 Å². The van der Waals surface area contributed by atoms with Crippen LogP contribution < -0.4 is 0 Å². The van der Waals surface area contributed by atoms with Crippen molar-refractivity contribution in [3.05, 3.63) is 11.1 Å². The lowest BCUT2D eigenvalue weighted by atomic mass is 10.1. The highest BCUT2D eigenvalue weighted by molar-refractivity contribution is 7.64. The van der Waals surface area contributed by atoms with Gasteiger partial charge in [0.15, 0.2) is 5.78 Å². The lowest BCUT2D eigenvalue weighted by Crippen LogP contribution is -2.16. The van der Waals surface area contributed by atoms with Crippen LogP contribution in [0.4, 0.5) is 0 Å². The first kappa shape index (κ1) is 8.25. The van der Waals surface area contributed by atoms with Crippen LogP contribution in [0.5, 0.6) is 0 Å². The maximum absolute atomic E-state index is 11.7.